The Labute approximate surface area is 271 Å². The molecule has 0 aliphatic rings. The lowest BCUT2D eigenvalue weighted by molar-refractivity contribution is 0.0729. The van der Waals surface area contributed by atoms with Gasteiger partial charge in [-0.25, -0.2) is 28.8 Å². The number of carbonyl (C=O) groups excluding carboxylic acids is 6. The van der Waals surface area contributed by atoms with Crippen molar-refractivity contribution in [3.63, 3.8) is 0 Å². The molecule has 15 heteroatoms. The number of ether oxygens (including phenoxy) is 9. The Hall–Kier alpha value is -6.90. The second-order valence-electron chi connectivity index (χ2n) is 9.05. The first-order valence-corrected chi connectivity index (χ1v) is 13.5. The SMILES string of the molecule is COC(=O)Oc1ccc(C(=O)Oc2cc(OC(=O)c3ccc(OC(=O)OC)cc3)cc(OC(=O)c3ccc(OC(=O)OC)cc3)c2)cc1. The highest BCUT2D eigenvalue weighted by Gasteiger charge is 2.18. The Morgan fingerprint density at radius 1 is 0.333 bits per heavy atom. The lowest BCUT2D eigenvalue weighted by Crippen LogP contribution is -2.13. The van der Waals surface area contributed by atoms with Crippen LogP contribution in [0.5, 0.6) is 34.5 Å². The Bertz CT molecular complexity index is 1590. The van der Waals surface area contributed by atoms with Gasteiger partial charge in [0.2, 0.25) is 0 Å². The van der Waals surface area contributed by atoms with Gasteiger partial charge in [0, 0.05) is 18.2 Å². The summed E-state index contributed by atoms with van der Waals surface area (Å²) in [4.78, 5) is 72.7. The minimum Gasteiger partial charge on any atom is -0.437 e. The molecule has 0 saturated heterocycles. The third kappa shape index (κ3) is 9.55. The second kappa shape index (κ2) is 15.9. The fourth-order valence-corrected chi connectivity index (χ4v) is 3.61. The van der Waals surface area contributed by atoms with E-state index in [-0.39, 0.29) is 51.2 Å². The molecule has 0 spiro atoms. The molecule has 4 aromatic rings. The normalized spacial score (nSPS) is 10.1. The van der Waals surface area contributed by atoms with E-state index < -0.39 is 36.4 Å². The van der Waals surface area contributed by atoms with E-state index in [1.165, 1.54) is 91.0 Å². The number of hydrogen-bond acceptors (Lipinski definition) is 15. The highest BCUT2D eigenvalue weighted by atomic mass is 16.7. The van der Waals surface area contributed by atoms with Gasteiger partial charge < -0.3 is 42.6 Å². The van der Waals surface area contributed by atoms with Gasteiger partial charge in [0.25, 0.3) is 0 Å². The predicted molar refractivity (Wildman–Crippen MR) is 160 cm³/mol. The van der Waals surface area contributed by atoms with Crippen molar-refractivity contribution in [1.29, 1.82) is 0 Å². The molecule has 0 aromatic heterocycles. The number of methoxy groups -OCH3 is 3. The molecule has 0 bridgehead atoms. The monoisotopic (exact) mass is 660 g/mol. The fourth-order valence-electron chi connectivity index (χ4n) is 3.61. The van der Waals surface area contributed by atoms with Crippen LogP contribution < -0.4 is 28.4 Å². The smallest absolute Gasteiger partial charge is 0.437 e. The molecule has 0 fully saturated rings. The lowest BCUT2D eigenvalue weighted by Gasteiger charge is -2.12. The molecule has 0 amide bonds. The van der Waals surface area contributed by atoms with E-state index in [2.05, 4.69) is 14.2 Å². The average Bonchev–Trinajstić information content (AvgIpc) is 3.08. The number of esters is 3. The van der Waals surface area contributed by atoms with Crippen LogP contribution in [0.2, 0.25) is 0 Å². The molecule has 0 radical (unpaired) electrons. The molecule has 4 rings (SSSR count). The van der Waals surface area contributed by atoms with Crippen molar-refractivity contribution in [3.8, 4) is 34.5 Å². The van der Waals surface area contributed by atoms with E-state index in [0.29, 0.717) is 0 Å². The zero-order chi connectivity index (χ0) is 34.6. The molecule has 0 N–H and O–H groups in total. The fraction of sp³-hybridized carbons (Fsp3) is 0.0909. The molecule has 0 aliphatic heterocycles. The first kappa shape index (κ1) is 34.0. The minimum absolute atomic E-state index is 0.0525. The van der Waals surface area contributed by atoms with Crippen molar-refractivity contribution in [2.24, 2.45) is 0 Å². The molecule has 246 valence electrons. The number of rotatable bonds is 9. The predicted octanol–water partition coefficient (Wildman–Crippen LogP) is 5.78. The zero-order valence-corrected chi connectivity index (χ0v) is 25.3. The topological polar surface area (TPSA) is 185 Å². The van der Waals surface area contributed by atoms with Crippen molar-refractivity contribution in [2.75, 3.05) is 21.3 Å². The molecule has 48 heavy (non-hydrogen) atoms. The van der Waals surface area contributed by atoms with Gasteiger partial charge >= 0.3 is 36.4 Å². The summed E-state index contributed by atoms with van der Waals surface area (Å²) in [7, 11) is 3.42. The molecular formula is C33H24O15. The van der Waals surface area contributed by atoms with E-state index in [9.17, 15) is 28.8 Å². The van der Waals surface area contributed by atoms with E-state index in [1.807, 2.05) is 0 Å². The molecule has 0 aliphatic carbocycles. The van der Waals surface area contributed by atoms with Gasteiger partial charge in [-0.2, -0.15) is 0 Å². The summed E-state index contributed by atoms with van der Waals surface area (Å²) >= 11 is 0. The molecular weight excluding hydrogens is 636 g/mol. The highest BCUT2D eigenvalue weighted by molar-refractivity contribution is 5.93. The number of carbonyl (C=O) groups is 6. The van der Waals surface area contributed by atoms with Crippen molar-refractivity contribution >= 4 is 36.4 Å². The van der Waals surface area contributed by atoms with Gasteiger partial charge in [-0.1, -0.05) is 0 Å². The third-order valence-corrected chi connectivity index (χ3v) is 5.86. The van der Waals surface area contributed by atoms with Crippen LogP contribution in [0.25, 0.3) is 0 Å². The highest BCUT2D eigenvalue weighted by Crippen LogP contribution is 2.30. The zero-order valence-electron chi connectivity index (χ0n) is 25.3. The van der Waals surface area contributed by atoms with E-state index in [0.717, 1.165) is 21.3 Å². The summed E-state index contributed by atoms with van der Waals surface area (Å²) in [5.41, 5.74) is 0.157. The quantitative estimate of drug-likeness (QED) is 0.0909. The molecule has 0 heterocycles. The molecule has 4 aromatic carbocycles. The van der Waals surface area contributed by atoms with Crippen molar-refractivity contribution < 1.29 is 71.4 Å². The summed E-state index contributed by atoms with van der Waals surface area (Å²) in [5.74, 6) is -2.78. The standard InChI is InChI=1S/C33H24O15/c1-40-31(37)46-22-10-4-19(5-11-22)28(34)43-25-16-26(44-29(35)20-6-12-23(13-7-20)47-32(38)41-2)18-27(17-25)45-30(36)21-8-14-24(15-9-21)48-33(39)42-3/h4-18H,1-3H3. The molecule has 15 nitrogen and oxygen atoms in total. The van der Waals surface area contributed by atoms with Gasteiger partial charge in [0.1, 0.15) is 34.5 Å². The second-order valence-corrected chi connectivity index (χ2v) is 9.05. The Balaban J connectivity index is 1.55. The van der Waals surface area contributed by atoms with Gasteiger partial charge in [0.15, 0.2) is 0 Å². The summed E-state index contributed by atoms with van der Waals surface area (Å²) in [6.07, 6.45) is -2.85. The third-order valence-electron chi connectivity index (χ3n) is 5.86. The largest absolute Gasteiger partial charge is 0.513 e. The lowest BCUT2D eigenvalue weighted by atomic mass is 10.2. The minimum atomic E-state index is -0.949. The number of hydrogen-bond donors (Lipinski definition) is 0. The van der Waals surface area contributed by atoms with Crippen LogP contribution in [0, 0.1) is 0 Å². The summed E-state index contributed by atoms with van der Waals surface area (Å²) in [5, 5.41) is 0. The van der Waals surface area contributed by atoms with Crippen LogP contribution in [-0.2, 0) is 14.2 Å². The summed E-state index contributed by atoms with van der Waals surface area (Å²) in [6, 6.07) is 19.6. The Morgan fingerprint density at radius 2 is 0.562 bits per heavy atom. The summed E-state index contributed by atoms with van der Waals surface area (Å²) in [6.45, 7) is 0. The Morgan fingerprint density at radius 3 is 0.771 bits per heavy atom. The molecule has 0 atom stereocenters. The number of benzene rings is 4. The van der Waals surface area contributed by atoms with Crippen molar-refractivity contribution in [1.82, 2.24) is 0 Å². The molecule has 0 unspecified atom stereocenters. The van der Waals surface area contributed by atoms with Crippen LogP contribution in [-0.4, -0.2) is 57.7 Å². The van der Waals surface area contributed by atoms with Crippen LogP contribution in [0.4, 0.5) is 14.4 Å². The van der Waals surface area contributed by atoms with E-state index in [4.69, 9.17) is 28.4 Å². The van der Waals surface area contributed by atoms with Crippen LogP contribution >= 0.6 is 0 Å². The first-order chi connectivity index (χ1) is 23.1. The van der Waals surface area contributed by atoms with Crippen LogP contribution in [0.15, 0.2) is 91.0 Å². The molecule has 0 saturated carbocycles. The maximum Gasteiger partial charge on any atom is 0.513 e. The Kier molecular flexibility index (Phi) is 11.3. The van der Waals surface area contributed by atoms with E-state index >= 15 is 0 Å². The van der Waals surface area contributed by atoms with Gasteiger partial charge in [0.05, 0.1) is 38.0 Å². The maximum absolute atomic E-state index is 12.9. The van der Waals surface area contributed by atoms with Gasteiger partial charge in [-0.3, -0.25) is 0 Å². The van der Waals surface area contributed by atoms with Gasteiger partial charge in [-0.05, 0) is 72.8 Å². The van der Waals surface area contributed by atoms with Crippen molar-refractivity contribution in [3.05, 3.63) is 108 Å². The van der Waals surface area contributed by atoms with Crippen molar-refractivity contribution in [2.45, 2.75) is 0 Å². The van der Waals surface area contributed by atoms with Crippen LogP contribution in [0.1, 0.15) is 31.1 Å². The summed E-state index contributed by atoms with van der Waals surface area (Å²) < 4.78 is 44.3. The first-order valence-electron chi connectivity index (χ1n) is 13.5. The van der Waals surface area contributed by atoms with E-state index in [1.54, 1.807) is 0 Å². The van der Waals surface area contributed by atoms with Crippen LogP contribution in [0.3, 0.4) is 0 Å². The maximum atomic E-state index is 12.9. The van der Waals surface area contributed by atoms with Gasteiger partial charge in [-0.15, -0.1) is 0 Å². The average molecular weight is 661 g/mol.